The van der Waals surface area contributed by atoms with Crippen molar-refractivity contribution in [3.05, 3.63) is 78.9 Å². The Hall–Kier alpha value is -3.71. The molecule has 0 heterocycles. The van der Waals surface area contributed by atoms with Gasteiger partial charge in [-0.25, -0.2) is 4.79 Å². The van der Waals surface area contributed by atoms with Crippen LogP contribution in [0.4, 0.5) is 16.2 Å². The minimum atomic E-state index is -0.651. The number of para-hydroxylation sites is 1. The molecule has 0 radical (unpaired) electrons. The molecular weight excluding hydrogens is 478 g/mol. The number of carbonyl (C=O) groups is 2. The lowest BCUT2D eigenvalue weighted by molar-refractivity contribution is -0.128. The van der Waals surface area contributed by atoms with Gasteiger partial charge in [0.05, 0.1) is 12.5 Å². The van der Waals surface area contributed by atoms with Crippen LogP contribution in [0, 0.1) is 5.41 Å². The quantitative estimate of drug-likeness (QED) is 0.235. The molecule has 0 aromatic heterocycles. The van der Waals surface area contributed by atoms with Crippen LogP contribution in [0.5, 0.6) is 17.2 Å². The number of hydrogen-bond acceptors (Lipinski definition) is 4. The maximum absolute atomic E-state index is 13.2. The first-order valence-electron chi connectivity index (χ1n) is 11.7. The zero-order valence-electron chi connectivity index (χ0n) is 20.8. The molecule has 190 valence electrons. The van der Waals surface area contributed by atoms with Crippen molar-refractivity contribution in [1.29, 1.82) is 0 Å². The molecule has 3 aromatic carbocycles. The van der Waals surface area contributed by atoms with Gasteiger partial charge in [0.2, 0.25) is 5.91 Å². The van der Waals surface area contributed by atoms with Crippen molar-refractivity contribution in [2.45, 2.75) is 20.3 Å². The molecule has 3 aromatic rings. The molecule has 36 heavy (non-hydrogen) atoms. The fourth-order valence-corrected chi connectivity index (χ4v) is 3.39. The summed E-state index contributed by atoms with van der Waals surface area (Å²) >= 11 is 5.89. The lowest BCUT2D eigenvalue weighted by atomic mass is 9.95. The molecule has 0 bridgehead atoms. The highest BCUT2D eigenvalue weighted by Gasteiger charge is 2.26. The molecule has 8 heteroatoms. The maximum atomic E-state index is 13.2. The largest absolute Gasteiger partial charge is 0.497 e. The number of nitrogens with one attached hydrogen (secondary N) is 2. The van der Waals surface area contributed by atoms with Crippen molar-refractivity contribution < 1.29 is 19.1 Å². The normalized spacial score (nSPS) is 10.9. The minimum Gasteiger partial charge on any atom is -0.497 e. The first kappa shape index (κ1) is 26.9. The number of anilines is 2. The van der Waals surface area contributed by atoms with Crippen LogP contribution < -0.4 is 25.0 Å². The Morgan fingerprint density at radius 2 is 1.50 bits per heavy atom. The summed E-state index contributed by atoms with van der Waals surface area (Å²) in [5.41, 5.74) is 0.697. The van der Waals surface area contributed by atoms with Crippen molar-refractivity contribution in [3.63, 3.8) is 0 Å². The lowest BCUT2D eigenvalue weighted by Gasteiger charge is -2.25. The van der Waals surface area contributed by atoms with E-state index in [0.717, 1.165) is 5.75 Å². The number of amides is 3. The van der Waals surface area contributed by atoms with Crippen LogP contribution in [-0.4, -0.2) is 38.0 Å². The SMILES string of the molecule is COc1ccc(NC(=O)N(CCCNC(=O)C(C)(C)CCl)c2ccc(Oc3ccccc3)cc2)cc1. The second-order valence-electron chi connectivity index (χ2n) is 8.85. The Morgan fingerprint density at radius 3 is 2.11 bits per heavy atom. The van der Waals surface area contributed by atoms with E-state index in [4.69, 9.17) is 21.1 Å². The number of halogens is 1. The Labute approximate surface area is 217 Å². The molecule has 0 saturated carbocycles. The number of methoxy groups -OCH3 is 1. The highest BCUT2D eigenvalue weighted by Crippen LogP contribution is 2.25. The van der Waals surface area contributed by atoms with E-state index in [-0.39, 0.29) is 17.8 Å². The van der Waals surface area contributed by atoms with E-state index in [1.165, 1.54) is 0 Å². The Morgan fingerprint density at radius 1 is 0.889 bits per heavy atom. The molecule has 3 amide bonds. The first-order chi connectivity index (χ1) is 17.3. The smallest absolute Gasteiger partial charge is 0.326 e. The summed E-state index contributed by atoms with van der Waals surface area (Å²) in [6.45, 7) is 4.40. The van der Waals surface area contributed by atoms with Gasteiger partial charge in [-0.3, -0.25) is 9.69 Å². The summed E-state index contributed by atoms with van der Waals surface area (Å²) in [6.07, 6.45) is 0.558. The van der Waals surface area contributed by atoms with Crippen molar-refractivity contribution in [2.24, 2.45) is 5.41 Å². The monoisotopic (exact) mass is 509 g/mol. The van der Waals surface area contributed by atoms with Gasteiger partial charge >= 0.3 is 6.03 Å². The number of urea groups is 1. The van der Waals surface area contributed by atoms with Crippen molar-refractivity contribution in [1.82, 2.24) is 5.32 Å². The van der Waals surface area contributed by atoms with Gasteiger partial charge in [-0.05, 0) is 80.9 Å². The summed E-state index contributed by atoms with van der Waals surface area (Å²) in [5.74, 6) is 2.21. The highest BCUT2D eigenvalue weighted by molar-refractivity contribution is 6.19. The zero-order chi connectivity index (χ0) is 26.0. The third kappa shape index (κ3) is 7.65. The van der Waals surface area contributed by atoms with Gasteiger partial charge < -0.3 is 20.1 Å². The molecule has 0 saturated heterocycles. The lowest BCUT2D eigenvalue weighted by Crippen LogP contribution is -2.41. The van der Waals surface area contributed by atoms with Gasteiger partial charge in [-0.15, -0.1) is 11.6 Å². The number of rotatable bonds is 11. The van der Waals surface area contributed by atoms with E-state index >= 15 is 0 Å². The average Bonchev–Trinajstić information content (AvgIpc) is 2.90. The Kier molecular flexibility index (Phi) is 9.59. The van der Waals surface area contributed by atoms with Crippen LogP contribution in [0.3, 0.4) is 0 Å². The summed E-state index contributed by atoms with van der Waals surface area (Å²) in [5, 5.41) is 5.83. The molecule has 7 nitrogen and oxygen atoms in total. The molecule has 0 aliphatic carbocycles. The Balaban J connectivity index is 1.70. The van der Waals surface area contributed by atoms with E-state index < -0.39 is 5.41 Å². The van der Waals surface area contributed by atoms with E-state index in [1.54, 1.807) is 50.1 Å². The summed E-state index contributed by atoms with van der Waals surface area (Å²) in [4.78, 5) is 27.2. The second-order valence-corrected chi connectivity index (χ2v) is 9.11. The first-order valence-corrected chi connectivity index (χ1v) is 12.3. The number of nitrogens with zero attached hydrogens (tertiary/aromatic N) is 1. The van der Waals surface area contributed by atoms with Gasteiger partial charge in [-0.1, -0.05) is 18.2 Å². The van der Waals surface area contributed by atoms with Crippen LogP contribution in [-0.2, 0) is 4.79 Å². The highest BCUT2D eigenvalue weighted by atomic mass is 35.5. The van der Waals surface area contributed by atoms with Crippen LogP contribution in [0.2, 0.25) is 0 Å². The molecule has 0 aliphatic heterocycles. The van der Waals surface area contributed by atoms with E-state index in [9.17, 15) is 9.59 Å². The van der Waals surface area contributed by atoms with Gasteiger partial charge in [0, 0.05) is 30.3 Å². The third-order valence-corrected chi connectivity index (χ3v) is 6.17. The molecule has 0 spiro atoms. The van der Waals surface area contributed by atoms with Crippen molar-refractivity contribution in [3.8, 4) is 17.2 Å². The molecule has 0 aliphatic rings. The summed E-state index contributed by atoms with van der Waals surface area (Å²) in [6, 6.07) is 23.6. The Bertz CT molecular complexity index is 1120. The van der Waals surface area contributed by atoms with Gasteiger partial charge in [0.1, 0.15) is 17.2 Å². The number of alkyl halides is 1. The van der Waals surface area contributed by atoms with Crippen LogP contribution in [0.1, 0.15) is 20.3 Å². The molecule has 0 unspecified atom stereocenters. The number of hydrogen-bond donors (Lipinski definition) is 2. The fourth-order valence-electron chi connectivity index (χ4n) is 3.27. The van der Waals surface area contributed by atoms with Gasteiger partial charge in [-0.2, -0.15) is 0 Å². The van der Waals surface area contributed by atoms with Crippen LogP contribution in [0.15, 0.2) is 78.9 Å². The van der Waals surface area contributed by atoms with E-state index in [1.807, 2.05) is 54.6 Å². The molecular formula is C28H32ClN3O4. The average molecular weight is 510 g/mol. The fraction of sp³-hybridized carbons (Fsp3) is 0.286. The third-order valence-electron chi connectivity index (χ3n) is 5.51. The molecule has 0 fully saturated rings. The summed E-state index contributed by atoms with van der Waals surface area (Å²) < 4.78 is 11.1. The number of ether oxygens (including phenoxy) is 2. The molecule has 0 atom stereocenters. The second kappa shape index (κ2) is 12.8. The van der Waals surface area contributed by atoms with Gasteiger partial charge in [0.25, 0.3) is 0 Å². The predicted molar refractivity (Wildman–Crippen MR) is 144 cm³/mol. The number of benzene rings is 3. The minimum absolute atomic E-state index is 0.117. The predicted octanol–water partition coefficient (Wildman–Crippen LogP) is 6.30. The van der Waals surface area contributed by atoms with E-state index in [2.05, 4.69) is 10.6 Å². The topological polar surface area (TPSA) is 79.9 Å². The van der Waals surface area contributed by atoms with Crippen LogP contribution in [0.25, 0.3) is 0 Å². The maximum Gasteiger partial charge on any atom is 0.326 e. The van der Waals surface area contributed by atoms with Gasteiger partial charge in [0.15, 0.2) is 0 Å². The number of carbonyl (C=O) groups excluding carboxylic acids is 2. The van der Waals surface area contributed by atoms with Crippen LogP contribution >= 0.6 is 11.6 Å². The standard InChI is InChI=1S/C28H32ClN3O4/c1-28(2,20-29)26(33)30-18-7-19-32(27(34)31-21-10-14-23(35-3)15-11-21)22-12-16-25(17-13-22)36-24-8-5-4-6-9-24/h4-6,8-17H,7,18-20H2,1-3H3,(H,30,33)(H,31,34). The van der Waals surface area contributed by atoms with Crippen molar-refractivity contribution in [2.75, 3.05) is 36.3 Å². The zero-order valence-corrected chi connectivity index (χ0v) is 21.5. The molecule has 3 rings (SSSR count). The van der Waals surface area contributed by atoms with Crippen molar-refractivity contribution >= 4 is 34.9 Å². The summed E-state index contributed by atoms with van der Waals surface area (Å²) in [7, 11) is 1.59. The van der Waals surface area contributed by atoms with E-state index in [0.29, 0.717) is 42.4 Å². The molecule has 2 N–H and O–H groups in total.